The highest BCUT2D eigenvalue weighted by molar-refractivity contribution is 8.01. The van der Waals surface area contributed by atoms with E-state index in [0.29, 0.717) is 22.7 Å². The van der Waals surface area contributed by atoms with Gasteiger partial charge in [-0.1, -0.05) is 38.8 Å². The SMILES string of the molecule is C/C=N\C(N)=C(\Cl)C(CC)SC(/C=N\CC)N/C=C/NCC1C(N)CCC(C)C1CC. The van der Waals surface area contributed by atoms with Crippen molar-refractivity contribution < 1.29 is 0 Å². The van der Waals surface area contributed by atoms with Crippen LogP contribution in [0.15, 0.2) is 33.2 Å². The summed E-state index contributed by atoms with van der Waals surface area (Å²) in [6.07, 6.45) is 11.9. The lowest BCUT2D eigenvalue weighted by Crippen LogP contribution is -2.46. The summed E-state index contributed by atoms with van der Waals surface area (Å²) in [5, 5.41) is 7.46. The van der Waals surface area contributed by atoms with Gasteiger partial charge in [0.05, 0.1) is 5.03 Å². The van der Waals surface area contributed by atoms with Gasteiger partial charge in [0.15, 0.2) is 0 Å². The topological polar surface area (TPSA) is 101 Å². The van der Waals surface area contributed by atoms with Crippen LogP contribution < -0.4 is 22.1 Å². The number of hydrogen-bond acceptors (Lipinski definition) is 7. The maximum Gasteiger partial charge on any atom is 0.138 e. The Bertz CT molecular complexity index is 621. The zero-order chi connectivity index (χ0) is 23.2. The molecule has 1 fully saturated rings. The Morgan fingerprint density at radius 2 is 1.97 bits per heavy atom. The van der Waals surface area contributed by atoms with E-state index in [2.05, 4.69) is 41.4 Å². The van der Waals surface area contributed by atoms with Crippen LogP contribution >= 0.6 is 23.4 Å². The fourth-order valence-corrected chi connectivity index (χ4v) is 5.69. The molecule has 0 saturated heterocycles. The van der Waals surface area contributed by atoms with Gasteiger partial charge >= 0.3 is 0 Å². The van der Waals surface area contributed by atoms with Crippen molar-refractivity contribution in [3.05, 3.63) is 23.3 Å². The number of hydrogen-bond donors (Lipinski definition) is 4. The summed E-state index contributed by atoms with van der Waals surface area (Å²) in [5.74, 6) is 2.32. The quantitative estimate of drug-likeness (QED) is 0.236. The van der Waals surface area contributed by atoms with Gasteiger partial charge in [0, 0.05) is 49.2 Å². The Morgan fingerprint density at radius 1 is 1.23 bits per heavy atom. The van der Waals surface area contributed by atoms with Crippen molar-refractivity contribution in [1.82, 2.24) is 10.6 Å². The minimum atomic E-state index is -0.0181. The molecule has 1 rings (SSSR count). The molecule has 0 heterocycles. The van der Waals surface area contributed by atoms with E-state index in [1.807, 2.05) is 32.5 Å². The second-order valence-electron chi connectivity index (χ2n) is 8.08. The second-order valence-corrected chi connectivity index (χ2v) is 9.84. The number of rotatable bonds is 13. The third kappa shape index (κ3) is 9.46. The zero-order valence-corrected chi connectivity index (χ0v) is 21.4. The zero-order valence-electron chi connectivity index (χ0n) is 19.9. The number of halogens is 1. The fourth-order valence-electron chi connectivity index (χ4n) is 4.23. The van der Waals surface area contributed by atoms with Crippen molar-refractivity contribution >= 4 is 35.8 Å². The average Bonchev–Trinajstić information content (AvgIpc) is 2.76. The Kier molecular flexibility index (Phi) is 14.0. The van der Waals surface area contributed by atoms with Crippen LogP contribution in [0.3, 0.4) is 0 Å². The summed E-state index contributed by atoms with van der Waals surface area (Å²) in [5.41, 5.74) is 12.4. The number of nitrogens with one attached hydrogen (secondary N) is 2. The molecule has 0 amide bonds. The Morgan fingerprint density at radius 3 is 2.58 bits per heavy atom. The van der Waals surface area contributed by atoms with Gasteiger partial charge in [0.1, 0.15) is 11.2 Å². The van der Waals surface area contributed by atoms with Gasteiger partial charge in [-0.2, -0.15) is 0 Å². The molecule has 0 spiro atoms. The van der Waals surface area contributed by atoms with Gasteiger partial charge in [-0.05, 0) is 50.9 Å². The monoisotopic (exact) mass is 470 g/mol. The van der Waals surface area contributed by atoms with Gasteiger partial charge in [0.25, 0.3) is 0 Å². The highest BCUT2D eigenvalue weighted by Crippen LogP contribution is 2.35. The van der Waals surface area contributed by atoms with Crippen molar-refractivity contribution in [1.29, 1.82) is 0 Å². The van der Waals surface area contributed by atoms with Crippen molar-refractivity contribution in [3.63, 3.8) is 0 Å². The molecule has 31 heavy (non-hydrogen) atoms. The van der Waals surface area contributed by atoms with Crippen LogP contribution in [0.4, 0.5) is 0 Å². The first-order valence-electron chi connectivity index (χ1n) is 11.6. The summed E-state index contributed by atoms with van der Waals surface area (Å²) in [6.45, 7) is 12.2. The van der Waals surface area contributed by atoms with Crippen molar-refractivity contribution in [2.45, 2.75) is 77.0 Å². The standard InChI is InChI=1S/C23H43ClN6S/c1-6-17-16(5)10-11-19(25)18(17)14-28-12-13-30-21(15-27-8-3)31-20(7-2)22(24)23(26)29-9-4/h9,12-13,15-21,28,30H,6-8,10-11,14,25-26H2,1-5H3/b13-12+,23-22+,27-15-,29-9-. The van der Waals surface area contributed by atoms with Crippen LogP contribution in [-0.4, -0.2) is 42.2 Å². The van der Waals surface area contributed by atoms with E-state index in [9.17, 15) is 0 Å². The summed E-state index contributed by atoms with van der Waals surface area (Å²) < 4.78 is 0. The van der Waals surface area contributed by atoms with Gasteiger partial charge in [-0.3, -0.25) is 4.99 Å². The van der Waals surface area contributed by atoms with Gasteiger partial charge in [-0.15, -0.1) is 11.8 Å². The minimum absolute atomic E-state index is 0.0181. The predicted molar refractivity (Wildman–Crippen MR) is 140 cm³/mol. The molecule has 8 heteroatoms. The Hall–Kier alpha value is -1.18. The number of nitrogens with two attached hydrogens (primary N) is 2. The summed E-state index contributed by atoms with van der Waals surface area (Å²) in [4.78, 5) is 8.53. The molecule has 6 unspecified atom stereocenters. The van der Waals surface area contributed by atoms with Crippen molar-refractivity contribution in [2.75, 3.05) is 13.1 Å². The number of aliphatic imine (C=N–C) groups is 2. The molecule has 1 saturated carbocycles. The van der Waals surface area contributed by atoms with Crippen LogP contribution in [0.2, 0.25) is 0 Å². The molecule has 0 bridgehead atoms. The largest absolute Gasteiger partial charge is 0.389 e. The van der Waals surface area contributed by atoms with E-state index >= 15 is 0 Å². The number of nitrogens with zero attached hydrogens (tertiary/aromatic N) is 2. The fraction of sp³-hybridized carbons (Fsp3) is 0.739. The summed E-state index contributed by atoms with van der Waals surface area (Å²) in [6, 6.07) is 0.283. The van der Waals surface area contributed by atoms with Crippen LogP contribution in [0.5, 0.6) is 0 Å². The Balaban J connectivity index is 2.68. The lowest BCUT2D eigenvalue weighted by Gasteiger charge is -2.40. The van der Waals surface area contributed by atoms with E-state index in [-0.39, 0.29) is 16.7 Å². The summed E-state index contributed by atoms with van der Waals surface area (Å²) >= 11 is 8.16. The van der Waals surface area contributed by atoms with E-state index < -0.39 is 0 Å². The molecular weight excluding hydrogens is 428 g/mol. The first-order valence-corrected chi connectivity index (χ1v) is 12.9. The van der Waals surface area contributed by atoms with E-state index in [1.165, 1.54) is 12.8 Å². The Labute approximate surface area is 198 Å². The molecule has 0 aromatic carbocycles. The second kappa shape index (κ2) is 15.6. The number of thioether (sulfide) groups is 1. The maximum atomic E-state index is 6.48. The third-order valence-electron chi connectivity index (χ3n) is 5.97. The molecule has 0 aromatic rings. The van der Waals surface area contributed by atoms with Crippen LogP contribution in [0.1, 0.15) is 60.3 Å². The predicted octanol–water partition coefficient (Wildman–Crippen LogP) is 4.42. The lowest BCUT2D eigenvalue weighted by atomic mass is 9.69. The van der Waals surface area contributed by atoms with Crippen LogP contribution in [-0.2, 0) is 0 Å². The van der Waals surface area contributed by atoms with E-state index in [4.69, 9.17) is 23.1 Å². The highest BCUT2D eigenvalue weighted by Gasteiger charge is 2.34. The highest BCUT2D eigenvalue weighted by atomic mass is 35.5. The molecule has 6 atom stereocenters. The van der Waals surface area contributed by atoms with E-state index in [1.54, 1.807) is 18.0 Å². The van der Waals surface area contributed by atoms with Gasteiger partial charge in [-0.25, -0.2) is 4.99 Å². The molecule has 178 valence electrons. The lowest BCUT2D eigenvalue weighted by molar-refractivity contribution is 0.136. The molecule has 6 nitrogen and oxygen atoms in total. The maximum absolute atomic E-state index is 6.48. The van der Waals surface area contributed by atoms with E-state index in [0.717, 1.165) is 31.8 Å². The normalized spacial score (nSPS) is 27.6. The summed E-state index contributed by atoms with van der Waals surface area (Å²) in [7, 11) is 0. The van der Waals surface area contributed by atoms with Crippen LogP contribution in [0, 0.1) is 17.8 Å². The average molecular weight is 471 g/mol. The molecule has 1 aliphatic rings. The molecular formula is C23H43ClN6S. The first-order chi connectivity index (χ1) is 14.9. The molecule has 0 aliphatic heterocycles. The molecule has 0 radical (unpaired) electrons. The third-order valence-corrected chi connectivity index (χ3v) is 8.01. The molecule has 0 aromatic heterocycles. The van der Waals surface area contributed by atoms with Crippen molar-refractivity contribution in [3.8, 4) is 0 Å². The first kappa shape index (κ1) is 27.9. The van der Waals surface area contributed by atoms with Crippen molar-refractivity contribution in [2.24, 2.45) is 39.2 Å². The van der Waals surface area contributed by atoms with Gasteiger partial charge < -0.3 is 22.1 Å². The molecule has 6 N–H and O–H groups in total. The molecule has 1 aliphatic carbocycles. The van der Waals surface area contributed by atoms with Crippen LogP contribution in [0.25, 0.3) is 0 Å². The smallest absolute Gasteiger partial charge is 0.138 e. The minimum Gasteiger partial charge on any atom is -0.389 e. The van der Waals surface area contributed by atoms with Gasteiger partial charge in [0.2, 0.25) is 0 Å².